The van der Waals surface area contributed by atoms with Crippen molar-refractivity contribution < 1.29 is 14.3 Å². The third kappa shape index (κ3) is 3.32. The molecule has 0 saturated heterocycles. The van der Waals surface area contributed by atoms with Crippen LogP contribution >= 0.6 is 22.7 Å². The molecule has 2 aromatic heterocycles. The van der Waals surface area contributed by atoms with Crippen LogP contribution in [0, 0.1) is 6.92 Å². The van der Waals surface area contributed by atoms with Crippen molar-refractivity contribution >= 4 is 28.6 Å². The third-order valence-corrected chi connectivity index (χ3v) is 6.01. The number of thiazole rings is 1. The number of carbonyl (C=O) groups excluding carboxylic acids is 1. The SMILES string of the molecule is Cc1nc(-c2ccsc2)sc1C(=O)N(C)Cc1ccc2c(c1)OCCO2. The second-order valence-corrected chi connectivity index (χ2v) is 7.86. The van der Waals surface area contributed by atoms with E-state index in [1.165, 1.54) is 11.3 Å². The van der Waals surface area contributed by atoms with Crippen LogP contribution in [0.5, 0.6) is 11.5 Å². The van der Waals surface area contributed by atoms with Crippen molar-refractivity contribution in [2.75, 3.05) is 20.3 Å². The van der Waals surface area contributed by atoms with E-state index in [2.05, 4.69) is 4.98 Å². The molecule has 4 rings (SSSR count). The molecule has 1 aromatic carbocycles. The van der Waals surface area contributed by atoms with Crippen LogP contribution in [0.25, 0.3) is 10.6 Å². The van der Waals surface area contributed by atoms with Crippen LogP contribution in [0.4, 0.5) is 0 Å². The van der Waals surface area contributed by atoms with E-state index in [4.69, 9.17) is 9.47 Å². The van der Waals surface area contributed by atoms with Crippen molar-refractivity contribution in [1.29, 1.82) is 0 Å². The maximum absolute atomic E-state index is 12.9. The number of aryl methyl sites for hydroxylation is 1. The zero-order chi connectivity index (χ0) is 18.1. The van der Waals surface area contributed by atoms with E-state index in [1.54, 1.807) is 16.2 Å². The molecule has 3 aromatic rings. The predicted molar refractivity (Wildman–Crippen MR) is 103 cm³/mol. The highest BCUT2D eigenvalue weighted by Crippen LogP contribution is 2.32. The molecule has 26 heavy (non-hydrogen) atoms. The highest BCUT2D eigenvalue weighted by Gasteiger charge is 2.21. The first kappa shape index (κ1) is 17.1. The molecule has 0 fully saturated rings. The van der Waals surface area contributed by atoms with Crippen molar-refractivity contribution in [2.24, 2.45) is 0 Å². The molecule has 134 valence electrons. The van der Waals surface area contributed by atoms with Gasteiger partial charge in [0.1, 0.15) is 23.1 Å². The van der Waals surface area contributed by atoms with E-state index in [0.29, 0.717) is 24.6 Å². The molecule has 7 heteroatoms. The number of ether oxygens (including phenoxy) is 2. The topological polar surface area (TPSA) is 51.7 Å². The molecular weight excluding hydrogens is 368 g/mol. The monoisotopic (exact) mass is 386 g/mol. The Hall–Kier alpha value is -2.38. The predicted octanol–water partition coefficient (Wildman–Crippen LogP) is 4.22. The standard InChI is InChI=1S/C19H18N2O3S2/c1-12-17(26-18(20-12)14-5-8-25-11-14)19(22)21(2)10-13-3-4-15-16(9-13)24-7-6-23-15/h3-5,8-9,11H,6-7,10H2,1-2H3. The van der Waals surface area contributed by atoms with E-state index < -0.39 is 0 Å². The van der Waals surface area contributed by atoms with Crippen molar-refractivity contribution in [3.05, 3.63) is 51.2 Å². The maximum Gasteiger partial charge on any atom is 0.265 e. The minimum absolute atomic E-state index is 0.0173. The Labute approximate surface area is 159 Å². The summed E-state index contributed by atoms with van der Waals surface area (Å²) in [5.74, 6) is 1.48. The van der Waals surface area contributed by atoms with Crippen LogP contribution in [-0.2, 0) is 6.54 Å². The van der Waals surface area contributed by atoms with E-state index >= 15 is 0 Å². The lowest BCUT2D eigenvalue weighted by Gasteiger charge is -2.21. The Morgan fingerprint density at radius 3 is 2.81 bits per heavy atom. The molecule has 3 heterocycles. The van der Waals surface area contributed by atoms with Gasteiger partial charge in [0, 0.05) is 24.5 Å². The molecule has 5 nitrogen and oxygen atoms in total. The summed E-state index contributed by atoms with van der Waals surface area (Å²) < 4.78 is 11.2. The second kappa shape index (κ2) is 7.09. The zero-order valence-electron chi connectivity index (χ0n) is 14.5. The summed E-state index contributed by atoms with van der Waals surface area (Å²) in [5, 5.41) is 4.95. The fourth-order valence-electron chi connectivity index (χ4n) is 2.81. The number of rotatable bonds is 4. The molecule has 0 radical (unpaired) electrons. The van der Waals surface area contributed by atoms with E-state index in [9.17, 15) is 4.79 Å². The van der Waals surface area contributed by atoms with Gasteiger partial charge in [-0.15, -0.1) is 11.3 Å². The molecule has 0 unspecified atom stereocenters. The van der Waals surface area contributed by atoms with Gasteiger partial charge in [-0.2, -0.15) is 11.3 Å². The van der Waals surface area contributed by atoms with Crippen LogP contribution in [0.2, 0.25) is 0 Å². The molecule has 0 saturated carbocycles. The number of nitrogens with zero attached hydrogens (tertiary/aromatic N) is 2. The minimum Gasteiger partial charge on any atom is -0.486 e. The van der Waals surface area contributed by atoms with E-state index in [-0.39, 0.29) is 5.91 Å². The van der Waals surface area contributed by atoms with Gasteiger partial charge in [0.05, 0.1) is 5.69 Å². The Balaban J connectivity index is 1.51. The summed E-state index contributed by atoms with van der Waals surface area (Å²) in [5.41, 5.74) is 2.84. The van der Waals surface area contributed by atoms with Gasteiger partial charge >= 0.3 is 0 Å². The third-order valence-electron chi connectivity index (χ3n) is 4.13. The Morgan fingerprint density at radius 2 is 2.04 bits per heavy atom. The van der Waals surface area contributed by atoms with Gasteiger partial charge < -0.3 is 14.4 Å². The first-order chi connectivity index (χ1) is 12.6. The fourth-order valence-corrected chi connectivity index (χ4v) is 4.58. The summed E-state index contributed by atoms with van der Waals surface area (Å²) in [6.45, 7) is 3.51. The highest BCUT2D eigenvalue weighted by molar-refractivity contribution is 7.17. The van der Waals surface area contributed by atoms with Gasteiger partial charge in [-0.05, 0) is 36.1 Å². The first-order valence-electron chi connectivity index (χ1n) is 8.26. The highest BCUT2D eigenvalue weighted by atomic mass is 32.1. The zero-order valence-corrected chi connectivity index (χ0v) is 16.2. The largest absolute Gasteiger partial charge is 0.486 e. The van der Waals surface area contributed by atoms with Gasteiger partial charge in [-0.1, -0.05) is 6.07 Å². The number of benzene rings is 1. The molecular formula is C19H18N2O3S2. The van der Waals surface area contributed by atoms with Crippen molar-refractivity contribution in [3.63, 3.8) is 0 Å². The lowest BCUT2D eigenvalue weighted by Crippen LogP contribution is -2.26. The van der Waals surface area contributed by atoms with Gasteiger partial charge in [0.15, 0.2) is 11.5 Å². The normalized spacial score (nSPS) is 12.8. The van der Waals surface area contributed by atoms with E-state index in [0.717, 1.165) is 33.3 Å². The van der Waals surface area contributed by atoms with Crippen LogP contribution in [-0.4, -0.2) is 36.1 Å². The molecule has 0 spiro atoms. The number of amides is 1. The number of carbonyl (C=O) groups is 1. The molecule has 1 aliphatic heterocycles. The van der Waals surface area contributed by atoms with Crippen molar-refractivity contribution in [1.82, 2.24) is 9.88 Å². The number of fused-ring (bicyclic) bond motifs is 1. The van der Waals surface area contributed by atoms with Crippen LogP contribution in [0.15, 0.2) is 35.0 Å². The number of hydrogen-bond donors (Lipinski definition) is 0. The smallest absolute Gasteiger partial charge is 0.265 e. The molecule has 0 bridgehead atoms. The first-order valence-corrected chi connectivity index (χ1v) is 10.0. The molecule has 0 atom stereocenters. The lowest BCUT2D eigenvalue weighted by molar-refractivity contribution is 0.0788. The van der Waals surface area contributed by atoms with Gasteiger partial charge in [0.2, 0.25) is 0 Å². The average molecular weight is 386 g/mol. The molecule has 0 aliphatic carbocycles. The van der Waals surface area contributed by atoms with Crippen molar-refractivity contribution in [2.45, 2.75) is 13.5 Å². The summed E-state index contributed by atoms with van der Waals surface area (Å²) in [7, 11) is 1.81. The maximum atomic E-state index is 12.9. The molecule has 0 N–H and O–H groups in total. The summed E-state index contributed by atoms with van der Waals surface area (Å²) >= 11 is 3.07. The number of aromatic nitrogens is 1. The number of hydrogen-bond acceptors (Lipinski definition) is 6. The second-order valence-electron chi connectivity index (χ2n) is 6.08. The van der Waals surface area contributed by atoms with E-state index in [1.807, 2.05) is 49.0 Å². The summed E-state index contributed by atoms with van der Waals surface area (Å²) in [6.07, 6.45) is 0. The minimum atomic E-state index is -0.0173. The summed E-state index contributed by atoms with van der Waals surface area (Å²) in [6, 6.07) is 7.83. The Morgan fingerprint density at radius 1 is 1.23 bits per heavy atom. The summed E-state index contributed by atoms with van der Waals surface area (Å²) in [4.78, 5) is 19.8. The average Bonchev–Trinajstić information content (AvgIpc) is 3.30. The lowest BCUT2D eigenvalue weighted by atomic mass is 10.2. The number of thiophene rings is 1. The Bertz CT molecular complexity index is 934. The van der Waals surface area contributed by atoms with Crippen molar-refractivity contribution in [3.8, 4) is 22.1 Å². The van der Waals surface area contributed by atoms with Gasteiger partial charge in [-0.3, -0.25) is 4.79 Å². The Kier molecular flexibility index (Phi) is 4.65. The van der Waals surface area contributed by atoms with Gasteiger partial charge in [0.25, 0.3) is 5.91 Å². The van der Waals surface area contributed by atoms with Crippen LogP contribution in [0.1, 0.15) is 20.9 Å². The van der Waals surface area contributed by atoms with Crippen LogP contribution in [0.3, 0.4) is 0 Å². The molecule has 1 amide bonds. The quantitative estimate of drug-likeness (QED) is 0.674. The molecule has 1 aliphatic rings. The van der Waals surface area contributed by atoms with Crippen LogP contribution < -0.4 is 9.47 Å². The fraction of sp³-hybridized carbons (Fsp3) is 0.263. The van der Waals surface area contributed by atoms with Gasteiger partial charge in [-0.25, -0.2) is 4.98 Å².